The Bertz CT molecular complexity index is 540. The quantitative estimate of drug-likeness (QED) is 0.869. The fourth-order valence-corrected chi connectivity index (χ4v) is 4.95. The van der Waals surface area contributed by atoms with Crippen LogP contribution in [0, 0.1) is 5.92 Å². The number of hydrogen-bond acceptors (Lipinski definition) is 3. The van der Waals surface area contributed by atoms with Crippen LogP contribution in [0.3, 0.4) is 0 Å². The molecule has 2 fully saturated rings. The van der Waals surface area contributed by atoms with Crippen molar-refractivity contribution in [1.82, 2.24) is 9.80 Å². The molecule has 1 aliphatic carbocycles. The molecule has 1 atom stereocenters. The minimum atomic E-state index is 0.0347. The molecule has 1 unspecified atom stereocenters. The number of rotatable bonds is 5. The molecule has 1 aromatic carbocycles. The minimum absolute atomic E-state index is 0.0347. The summed E-state index contributed by atoms with van der Waals surface area (Å²) >= 11 is 1.98. The maximum atomic E-state index is 12.4. The second kappa shape index (κ2) is 8.26. The molecule has 0 spiro atoms. The standard InChI is InChI=1S/C19H29N3OS/c1-21(2)13-15-11-12-22(14-15)19(23)20-16-7-9-18(10-8-16)24-17-5-3-4-6-17/h7-10,15,17H,3-6,11-14H2,1-2H3,(H,20,23). The molecule has 0 aromatic heterocycles. The molecule has 24 heavy (non-hydrogen) atoms. The lowest BCUT2D eigenvalue weighted by Crippen LogP contribution is -2.34. The van der Waals surface area contributed by atoms with Crippen LogP contribution in [0.15, 0.2) is 29.2 Å². The molecule has 0 radical (unpaired) electrons. The minimum Gasteiger partial charge on any atom is -0.324 e. The predicted molar refractivity (Wildman–Crippen MR) is 102 cm³/mol. The number of carbonyl (C=O) groups excluding carboxylic acids is 1. The number of hydrogen-bond donors (Lipinski definition) is 1. The van der Waals surface area contributed by atoms with E-state index in [9.17, 15) is 4.79 Å². The Hall–Kier alpha value is -1.20. The number of anilines is 1. The molecule has 3 rings (SSSR count). The number of benzene rings is 1. The van der Waals surface area contributed by atoms with E-state index in [1.54, 1.807) is 0 Å². The van der Waals surface area contributed by atoms with E-state index >= 15 is 0 Å². The highest BCUT2D eigenvalue weighted by molar-refractivity contribution is 8.00. The molecule has 1 saturated heterocycles. The summed E-state index contributed by atoms with van der Waals surface area (Å²) < 4.78 is 0. The van der Waals surface area contributed by atoms with E-state index in [-0.39, 0.29) is 6.03 Å². The Balaban J connectivity index is 1.47. The van der Waals surface area contributed by atoms with Gasteiger partial charge in [-0.05, 0) is 63.5 Å². The van der Waals surface area contributed by atoms with Crippen LogP contribution in [-0.2, 0) is 0 Å². The molecule has 1 N–H and O–H groups in total. The second-order valence-electron chi connectivity index (χ2n) is 7.34. The normalized spacial score (nSPS) is 21.6. The van der Waals surface area contributed by atoms with Crippen molar-refractivity contribution >= 4 is 23.5 Å². The van der Waals surface area contributed by atoms with E-state index in [4.69, 9.17) is 0 Å². The third-order valence-electron chi connectivity index (χ3n) is 4.91. The highest BCUT2D eigenvalue weighted by Crippen LogP contribution is 2.35. The van der Waals surface area contributed by atoms with Crippen molar-refractivity contribution < 1.29 is 4.79 Å². The molecule has 0 bridgehead atoms. The monoisotopic (exact) mass is 347 g/mol. The summed E-state index contributed by atoms with van der Waals surface area (Å²) in [7, 11) is 4.18. The Labute approximate surface area is 150 Å². The zero-order valence-electron chi connectivity index (χ0n) is 14.8. The number of nitrogens with one attached hydrogen (secondary N) is 1. The lowest BCUT2D eigenvalue weighted by atomic mass is 10.1. The summed E-state index contributed by atoms with van der Waals surface area (Å²) in [5, 5.41) is 3.82. The van der Waals surface area contributed by atoms with Crippen LogP contribution < -0.4 is 5.32 Å². The molecule has 2 aliphatic rings. The first-order chi connectivity index (χ1) is 11.6. The largest absolute Gasteiger partial charge is 0.324 e. The van der Waals surface area contributed by atoms with Gasteiger partial charge in [0.05, 0.1) is 0 Å². The van der Waals surface area contributed by atoms with E-state index in [0.29, 0.717) is 5.92 Å². The van der Waals surface area contributed by atoms with Crippen LogP contribution in [0.2, 0.25) is 0 Å². The van der Waals surface area contributed by atoms with Crippen molar-refractivity contribution in [2.45, 2.75) is 42.2 Å². The van der Waals surface area contributed by atoms with Gasteiger partial charge in [-0.25, -0.2) is 4.79 Å². The fraction of sp³-hybridized carbons (Fsp3) is 0.632. The third-order valence-corrected chi connectivity index (χ3v) is 6.26. The van der Waals surface area contributed by atoms with Gasteiger partial charge < -0.3 is 15.1 Å². The Morgan fingerprint density at radius 3 is 2.58 bits per heavy atom. The molecule has 5 heteroatoms. The maximum Gasteiger partial charge on any atom is 0.321 e. The molecule has 132 valence electrons. The lowest BCUT2D eigenvalue weighted by Gasteiger charge is -2.19. The highest BCUT2D eigenvalue weighted by atomic mass is 32.2. The van der Waals surface area contributed by atoms with E-state index in [2.05, 4.69) is 36.4 Å². The van der Waals surface area contributed by atoms with Gasteiger partial charge in [0.25, 0.3) is 0 Å². The molecular formula is C19H29N3OS. The van der Waals surface area contributed by atoms with Crippen LogP contribution in [0.25, 0.3) is 0 Å². The predicted octanol–water partition coefficient (Wildman–Crippen LogP) is 4.14. The van der Waals surface area contributed by atoms with Crippen molar-refractivity contribution in [2.75, 3.05) is 39.0 Å². The molecular weight excluding hydrogens is 318 g/mol. The number of urea groups is 1. The molecule has 4 nitrogen and oxygen atoms in total. The van der Waals surface area contributed by atoms with E-state index in [1.807, 2.05) is 28.8 Å². The van der Waals surface area contributed by atoms with Crippen molar-refractivity contribution in [3.8, 4) is 0 Å². The first-order valence-corrected chi connectivity index (χ1v) is 9.95. The summed E-state index contributed by atoms with van der Waals surface area (Å²) in [5.41, 5.74) is 0.895. The molecule has 1 heterocycles. The van der Waals surface area contributed by atoms with Crippen molar-refractivity contribution in [3.05, 3.63) is 24.3 Å². The van der Waals surface area contributed by atoms with Crippen molar-refractivity contribution in [1.29, 1.82) is 0 Å². The van der Waals surface area contributed by atoms with Crippen molar-refractivity contribution in [2.24, 2.45) is 5.92 Å². The van der Waals surface area contributed by atoms with Crippen LogP contribution in [0.5, 0.6) is 0 Å². The summed E-state index contributed by atoms with van der Waals surface area (Å²) in [5.74, 6) is 0.593. The van der Waals surface area contributed by atoms with Crippen LogP contribution in [0.4, 0.5) is 10.5 Å². The topological polar surface area (TPSA) is 35.6 Å². The van der Waals surface area contributed by atoms with Gasteiger partial charge in [-0.1, -0.05) is 12.8 Å². The Morgan fingerprint density at radius 1 is 1.21 bits per heavy atom. The smallest absolute Gasteiger partial charge is 0.321 e. The number of nitrogens with zero attached hydrogens (tertiary/aromatic N) is 2. The summed E-state index contributed by atoms with van der Waals surface area (Å²) in [4.78, 5) is 17.9. The van der Waals surface area contributed by atoms with E-state index < -0.39 is 0 Å². The van der Waals surface area contributed by atoms with Crippen LogP contribution >= 0.6 is 11.8 Å². The van der Waals surface area contributed by atoms with Crippen LogP contribution in [-0.4, -0.2) is 54.8 Å². The number of thioether (sulfide) groups is 1. The van der Waals surface area contributed by atoms with Gasteiger partial charge in [0.15, 0.2) is 0 Å². The van der Waals surface area contributed by atoms with Gasteiger partial charge in [0.2, 0.25) is 0 Å². The molecule has 1 saturated carbocycles. The maximum absolute atomic E-state index is 12.4. The van der Waals surface area contributed by atoms with Gasteiger partial charge in [0, 0.05) is 35.5 Å². The molecule has 1 aliphatic heterocycles. The zero-order chi connectivity index (χ0) is 16.9. The molecule has 1 aromatic rings. The first-order valence-electron chi connectivity index (χ1n) is 9.07. The van der Waals surface area contributed by atoms with E-state index in [0.717, 1.165) is 37.0 Å². The Morgan fingerprint density at radius 2 is 1.92 bits per heavy atom. The summed E-state index contributed by atoms with van der Waals surface area (Å²) in [6.45, 7) is 2.77. The first kappa shape index (κ1) is 17.6. The molecule has 2 amide bonds. The van der Waals surface area contributed by atoms with Crippen LogP contribution in [0.1, 0.15) is 32.1 Å². The third kappa shape index (κ3) is 4.90. The van der Waals surface area contributed by atoms with Gasteiger partial charge >= 0.3 is 6.03 Å². The number of likely N-dealkylation sites (tertiary alicyclic amines) is 1. The van der Waals surface area contributed by atoms with Gasteiger partial charge in [-0.2, -0.15) is 0 Å². The number of carbonyl (C=O) groups is 1. The summed E-state index contributed by atoms with van der Waals surface area (Å²) in [6, 6.07) is 8.37. The summed E-state index contributed by atoms with van der Waals surface area (Å²) in [6.07, 6.45) is 6.52. The second-order valence-corrected chi connectivity index (χ2v) is 8.72. The average Bonchev–Trinajstić information content (AvgIpc) is 3.20. The van der Waals surface area contributed by atoms with Gasteiger partial charge in [-0.15, -0.1) is 11.8 Å². The SMILES string of the molecule is CN(C)CC1CCN(C(=O)Nc2ccc(SC3CCCC3)cc2)C1. The highest BCUT2D eigenvalue weighted by Gasteiger charge is 2.26. The van der Waals surface area contributed by atoms with Gasteiger partial charge in [-0.3, -0.25) is 0 Å². The fourth-order valence-electron chi connectivity index (χ4n) is 3.70. The average molecular weight is 348 g/mol. The van der Waals surface area contributed by atoms with E-state index in [1.165, 1.54) is 30.6 Å². The lowest BCUT2D eigenvalue weighted by molar-refractivity contribution is 0.219. The van der Waals surface area contributed by atoms with Gasteiger partial charge in [0.1, 0.15) is 0 Å². The Kier molecular flexibility index (Phi) is 6.06. The number of amides is 2. The van der Waals surface area contributed by atoms with Crippen molar-refractivity contribution in [3.63, 3.8) is 0 Å². The zero-order valence-corrected chi connectivity index (χ0v) is 15.6.